The maximum Gasteiger partial charge on any atom is 0.243 e. The maximum atomic E-state index is 12.1. The molecule has 0 heterocycles. The third-order valence-electron chi connectivity index (χ3n) is 2.95. The van der Waals surface area contributed by atoms with Crippen LogP contribution < -0.4 is 15.4 Å². The number of nitrogens with one attached hydrogen (secondary N) is 2. The van der Waals surface area contributed by atoms with Gasteiger partial charge in [-0.1, -0.05) is 32.0 Å². The lowest BCUT2D eigenvalue weighted by Crippen LogP contribution is -2.48. The van der Waals surface area contributed by atoms with Gasteiger partial charge >= 0.3 is 0 Å². The molecule has 1 rings (SSSR count). The minimum Gasteiger partial charge on any atom is -0.496 e. The van der Waals surface area contributed by atoms with Gasteiger partial charge in [0.05, 0.1) is 7.11 Å². The van der Waals surface area contributed by atoms with E-state index in [1.165, 1.54) is 6.92 Å². The van der Waals surface area contributed by atoms with Gasteiger partial charge in [0, 0.05) is 19.0 Å². The van der Waals surface area contributed by atoms with E-state index in [2.05, 4.69) is 10.6 Å². The predicted molar refractivity (Wildman–Crippen MR) is 77.3 cm³/mol. The normalized spacial score (nSPS) is 11.8. The number of hydrogen-bond acceptors (Lipinski definition) is 3. The van der Waals surface area contributed by atoms with Crippen molar-refractivity contribution >= 4 is 11.8 Å². The monoisotopic (exact) mass is 278 g/mol. The summed E-state index contributed by atoms with van der Waals surface area (Å²) in [5, 5.41) is 5.49. The predicted octanol–water partition coefficient (Wildman–Crippen LogP) is 1.47. The summed E-state index contributed by atoms with van der Waals surface area (Å²) >= 11 is 0. The van der Waals surface area contributed by atoms with Gasteiger partial charge in [0.15, 0.2) is 0 Å². The lowest BCUT2D eigenvalue weighted by Gasteiger charge is -2.21. The second-order valence-corrected chi connectivity index (χ2v) is 4.95. The molecule has 110 valence electrons. The largest absolute Gasteiger partial charge is 0.496 e. The summed E-state index contributed by atoms with van der Waals surface area (Å²) in [4.78, 5) is 23.3. The Morgan fingerprint density at radius 1 is 1.25 bits per heavy atom. The van der Waals surface area contributed by atoms with Crippen molar-refractivity contribution in [2.45, 2.75) is 33.4 Å². The van der Waals surface area contributed by atoms with Crippen molar-refractivity contribution in [1.82, 2.24) is 10.6 Å². The summed E-state index contributed by atoms with van der Waals surface area (Å²) in [5.41, 5.74) is 0.897. The number of para-hydroxylation sites is 1. The highest BCUT2D eigenvalue weighted by atomic mass is 16.5. The van der Waals surface area contributed by atoms with Crippen LogP contribution in [0.4, 0.5) is 0 Å². The SMILES string of the molecule is COc1ccccc1CNC(=O)C(NC(C)=O)C(C)C. The molecule has 2 amide bonds. The van der Waals surface area contributed by atoms with Crippen LogP contribution in [0.5, 0.6) is 5.75 Å². The Balaban J connectivity index is 2.67. The van der Waals surface area contributed by atoms with Gasteiger partial charge in [0.25, 0.3) is 0 Å². The smallest absolute Gasteiger partial charge is 0.243 e. The van der Waals surface area contributed by atoms with Gasteiger partial charge in [0.2, 0.25) is 11.8 Å². The van der Waals surface area contributed by atoms with Crippen molar-refractivity contribution in [3.8, 4) is 5.75 Å². The molecule has 5 nitrogen and oxygen atoms in total. The van der Waals surface area contributed by atoms with E-state index in [1.807, 2.05) is 38.1 Å². The molecule has 0 aliphatic carbocycles. The van der Waals surface area contributed by atoms with E-state index in [-0.39, 0.29) is 17.7 Å². The van der Waals surface area contributed by atoms with Crippen LogP contribution in [0.1, 0.15) is 26.3 Å². The van der Waals surface area contributed by atoms with Crippen LogP contribution in [-0.4, -0.2) is 25.0 Å². The summed E-state index contributed by atoms with van der Waals surface area (Å²) in [6.45, 7) is 5.56. The average Bonchev–Trinajstić information content (AvgIpc) is 2.42. The summed E-state index contributed by atoms with van der Waals surface area (Å²) in [7, 11) is 1.59. The summed E-state index contributed by atoms with van der Waals surface area (Å²) in [6.07, 6.45) is 0. The van der Waals surface area contributed by atoms with Crippen molar-refractivity contribution < 1.29 is 14.3 Å². The fourth-order valence-corrected chi connectivity index (χ4v) is 1.90. The molecule has 0 saturated heterocycles. The Kier molecular flexibility index (Phi) is 6.03. The van der Waals surface area contributed by atoms with Crippen molar-refractivity contribution in [2.75, 3.05) is 7.11 Å². The highest BCUT2D eigenvalue weighted by Gasteiger charge is 2.22. The Morgan fingerprint density at radius 3 is 2.45 bits per heavy atom. The third-order valence-corrected chi connectivity index (χ3v) is 2.95. The van der Waals surface area contributed by atoms with E-state index < -0.39 is 6.04 Å². The number of carbonyl (C=O) groups is 2. The minimum absolute atomic E-state index is 0.0246. The Labute approximate surface area is 119 Å². The lowest BCUT2D eigenvalue weighted by molar-refractivity contribution is -0.129. The Hall–Kier alpha value is -2.04. The minimum atomic E-state index is -0.526. The van der Waals surface area contributed by atoms with E-state index in [1.54, 1.807) is 7.11 Å². The molecular formula is C15H22N2O3. The van der Waals surface area contributed by atoms with Gasteiger partial charge in [0.1, 0.15) is 11.8 Å². The molecule has 0 saturated carbocycles. The van der Waals surface area contributed by atoms with Crippen LogP contribution in [-0.2, 0) is 16.1 Å². The number of carbonyl (C=O) groups excluding carboxylic acids is 2. The number of benzene rings is 1. The first-order valence-electron chi connectivity index (χ1n) is 6.62. The lowest BCUT2D eigenvalue weighted by atomic mass is 10.0. The maximum absolute atomic E-state index is 12.1. The van der Waals surface area contributed by atoms with Crippen molar-refractivity contribution in [1.29, 1.82) is 0 Å². The zero-order valence-corrected chi connectivity index (χ0v) is 12.4. The summed E-state index contributed by atoms with van der Waals surface area (Å²) < 4.78 is 5.23. The Bertz CT molecular complexity index is 472. The highest BCUT2D eigenvalue weighted by Crippen LogP contribution is 2.16. The molecule has 0 aromatic heterocycles. The highest BCUT2D eigenvalue weighted by molar-refractivity contribution is 5.87. The molecule has 1 atom stereocenters. The molecular weight excluding hydrogens is 256 g/mol. The summed E-state index contributed by atoms with van der Waals surface area (Å²) in [6, 6.07) is 6.97. The molecule has 0 fully saturated rings. The second kappa shape index (κ2) is 7.53. The van der Waals surface area contributed by atoms with E-state index >= 15 is 0 Å². The standard InChI is InChI=1S/C15H22N2O3/c1-10(2)14(17-11(3)18)15(19)16-9-12-7-5-6-8-13(12)20-4/h5-8,10,14H,9H2,1-4H3,(H,16,19)(H,17,18). The molecule has 1 aromatic carbocycles. The third kappa shape index (κ3) is 4.57. The number of rotatable bonds is 6. The van der Waals surface area contributed by atoms with Crippen LogP contribution in [0, 0.1) is 5.92 Å². The number of methoxy groups -OCH3 is 1. The first-order chi connectivity index (χ1) is 9.45. The van der Waals surface area contributed by atoms with Crippen molar-refractivity contribution in [3.63, 3.8) is 0 Å². The molecule has 5 heteroatoms. The van der Waals surface area contributed by atoms with Gasteiger partial charge in [-0.25, -0.2) is 0 Å². The fourth-order valence-electron chi connectivity index (χ4n) is 1.90. The molecule has 1 aromatic rings. The van der Waals surface area contributed by atoms with Gasteiger partial charge in [-0.2, -0.15) is 0 Å². The topological polar surface area (TPSA) is 67.4 Å². The number of hydrogen-bond donors (Lipinski definition) is 2. The molecule has 0 spiro atoms. The van der Waals surface area contributed by atoms with Crippen LogP contribution in [0.3, 0.4) is 0 Å². The van der Waals surface area contributed by atoms with E-state index in [4.69, 9.17) is 4.74 Å². The van der Waals surface area contributed by atoms with E-state index in [0.29, 0.717) is 6.54 Å². The van der Waals surface area contributed by atoms with Crippen LogP contribution in [0.2, 0.25) is 0 Å². The van der Waals surface area contributed by atoms with Crippen LogP contribution >= 0.6 is 0 Å². The quantitative estimate of drug-likeness (QED) is 0.828. The molecule has 0 aliphatic heterocycles. The van der Waals surface area contributed by atoms with Gasteiger partial charge in [-0.05, 0) is 12.0 Å². The molecule has 0 aliphatic rings. The van der Waals surface area contributed by atoms with Gasteiger partial charge in [-0.3, -0.25) is 9.59 Å². The van der Waals surface area contributed by atoms with Crippen LogP contribution in [0.15, 0.2) is 24.3 Å². The number of ether oxygens (including phenoxy) is 1. The first kappa shape index (κ1) is 16.0. The van der Waals surface area contributed by atoms with Crippen molar-refractivity contribution in [2.24, 2.45) is 5.92 Å². The molecule has 20 heavy (non-hydrogen) atoms. The number of amides is 2. The molecule has 0 radical (unpaired) electrons. The second-order valence-electron chi connectivity index (χ2n) is 4.95. The molecule has 2 N–H and O–H groups in total. The summed E-state index contributed by atoms with van der Waals surface area (Å²) in [5.74, 6) is 0.349. The first-order valence-corrected chi connectivity index (χ1v) is 6.62. The van der Waals surface area contributed by atoms with Crippen LogP contribution in [0.25, 0.3) is 0 Å². The zero-order valence-electron chi connectivity index (χ0n) is 12.4. The van der Waals surface area contributed by atoms with E-state index in [0.717, 1.165) is 11.3 Å². The van der Waals surface area contributed by atoms with Gasteiger partial charge in [-0.15, -0.1) is 0 Å². The van der Waals surface area contributed by atoms with E-state index in [9.17, 15) is 9.59 Å². The Morgan fingerprint density at radius 2 is 1.90 bits per heavy atom. The average molecular weight is 278 g/mol. The zero-order chi connectivity index (χ0) is 15.1. The molecule has 1 unspecified atom stereocenters. The van der Waals surface area contributed by atoms with Crippen molar-refractivity contribution in [3.05, 3.63) is 29.8 Å². The van der Waals surface area contributed by atoms with Gasteiger partial charge < -0.3 is 15.4 Å². The fraction of sp³-hybridized carbons (Fsp3) is 0.467. The molecule has 0 bridgehead atoms.